The number of carbonyl (C=O) groups excluding carboxylic acids is 4. The van der Waals surface area contributed by atoms with E-state index in [1.54, 1.807) is 6.08 Å². The maximum Gasteiger partial charge on any atom is 0.472 e. The second-order valence-corrected chi connectivity index (χ2v) is 28.8. The molecule has 0 aliphatic heterocycles. The summed E-state index contributed by atoms with van der Waals surface area (Å²) in [5.74, 6) is -2.35. The Morgan fingerprint density at radius 2 is 0.560 bits per heavy atom. The van der Waals surface area contributed by atoms with E-state index in [-0.39, 0.29) is 25.7 Å². The molecule has 0 aliphatic carbocycles. The van der Waals surface area contributed by atoms with Crippen LogP contribution in [-0.4, -0.2) is 96.7 Å². The van der Waals surface area contributed by atoms with Gasteiger partial charge in [-0.1, -0.05) is 272 Å². The van der Waals surface area contributed by atoms with Crippen LogP contribution in [0, 0.1) is 0 Å². The number of hydrogen-bond acceptors (Lipinski definition) is 15. The first-order valence-corrected chi connectivity index (χ1v) is 42.1. The Morgan fingerprint density at radius 1 is 0.300 bits per heavy atom. The Morgan fingerprint density at radius 3 is 0.920 bits per heavy atom. The molecule has 100 heavy (non-hydrogen) atoms. The van der Waals surface area contributed by atoms with Crippen molar-refractivity contribution in [2.45, 2.75) is 341 Å². The first-order valence-electron chi connectivity index (χ1n) is 39.1. The van der Waals surface area contributed by atoms with E-state index >= 15 is 0 Å². The summed E-state index contributed by atoms with van der Waals surface area (Å²) < 4.78 is 68.4. The van der Waals surface area contributed by atoms with Crippen molar-refractivity contribution in [1.29, 1.82) is 0 Å². The van der Waals surface area contributed by atoms with E-state index in [9.17, 15) is 43.2 Å². The van der Waals surface area contributed by atoms with Crippen molar-refractivity contribution >= 4 is 39.5 Å². The molecule has 5 atom stereocenters. The fraction of sp³-hybridized carbons (Fsp3) is 0.728. The van der Waals surface area contributed by atoms with Gasteiger partial charge in [-0.3, -0.25) is 37.3 Å². The van der Waals surface area contributed by atoms with Crippen molar-refractivity contribution in [3.8, 4) is 0 Å². The quantitative estimate of drug-likeness (QED) is 0.0169. The number of esters is 4. The molecule has 0 aromatic carbocycles. The lowest BCUT2D eigenvalue weighted by Gasteiger charge is -2.21. The third-order valence-corrected chi connectivity index (χ3v) is 18.1. The van der Waals surface area contributed by atoms with Crippen LogP contribution < -0.4 is 0 Å². The summed E-state index contributed by atoms with van der Waals surface area (Å²) in [5.41, 5.74) is 0. The number of unbranched alkanes of at least 4 members (excludes halogenated alkanes) is 30. The minimum Gasteiger partial charge on any atom is -0.462 e. The Hall–Kier alpha value is -4.28. The molecule has 5 unspecified atom stereocenters. The minimum absolute atomic E-state index is 0.0581. The average molecular weight is 1450 g/mol. The number of ether oxygens (including phenoxy) is 4. The zero-order chi connectivity index (χ0) is 73.2. The lowest BCUT2D eigenvalue weighted by molar-refractivity contribution is -0.161. The van der Waals surface area contributed by atoms with Gasteiger partial charge in [0.15, 0.2) is 12.2 Å². The first-order chi connectivity index (χ1) is 48.7. The zero-order valence-electron chi connectivity index (χ0n) is 62.8. The van der Waals surface area contributed by atoms with Crippen LogP contribution in [0.5, 0.6) is 0 Å². The number of aliphatic hydroxyl groups excluding tert-OH is 1. The minimum atomic E-state index is -5.00. The molecule has 0 amide bonds. The summed E-state index contributed by atoms with van der Waals surface area (Å²) >= 11 is 0. The van der Waals surface area contributed by atoms with Gasteiger partial charge in [0.25, 0.3) is 0 Å². The summed E-state index contributed by atoms with van der Waals surface area (Å²) in [6, 6.07) is 0. The van der Waals surface area contributed by atoms with Crippen LogP contribution in [0.4, 0.5) is 0 Å². The standard InChI is InChI=1S/C81H140O17P2/c1-5-9-13-17-21-25-29-33-37-41-45-49-53-57-61-65-78(83)91-71-76(97-80(85)67-63-59-55-51-47-43-39-35-31-27-23-19-15-11-7-3)73-95-99(87,88)93-69-75(82)70-94-100(89,90)96-74-77(98-81(86)68-64-60-56-52-48-44-40-36-32-28-24-20-16-12-8-4)72-92-79(84)66-62-58-54-50-46-42-38-34-30-26-22-18-14-10-6-2/h9,13,21,23,25,27,33-40,45,49,57,61,75-77,82H,5-8,10-12,14-20,22,24,26,28-32,41-44,46-48,50-56,58-60,62-74H2,1-4H3,(H,87,88)(H,89,90)/b13-9-,25-21-,27-23-,37-33-,38-34-,39-35-,40-36-,49-45-,61-57-. The lowest BCUT2D eigenvalue weighted by atomic mass is 10.1. The molecular formula is C81H140O17P2. The van der Waals surface area contributed by atoms with E-state index < -0.39 is 97.5 Å². The zero-order valence-corrected chi connectivity index (χ0v) is 64.6. The maximum atomic E-state index is 13.1. The van der Waals surface area contributed by atoms with Crippen molar-refractivity contribution in [2.24, 2.45) is 0 Å². The van der Waals surface area contributed by atoms with E-state index in [0.717, 1.165) is 148 Å². The molecule has 576 valence electrons. The monoisotopic (exact) mass is 1450 g/mol. The highest BCUT2D eigenvalue weighted by Gasteiger charge is 2.30. The molecule has 0 aromatic heterocycles. The van der Waals surface area contributed by atoms with E-state index in [1.807, 2.05) is 18.2 Å². The molecule has 0 aliphatic rings. The van der Waals surface area contributed by atoms with Crippen LogP contribution in [-0.2, 0) is 65.4 Å². The van der Waals surface area contributed by atoms with E-state index in [2.05, 4.69) is 113 Å². The Labute approximate surface area is 607 Å². The summed E-state index contributed by atoms with van der Waals surface area (Å²) in [5, 5.41) is 10.6. The van der Waals surface area contributed by atoms with Gasteiger partial charge in [-0.05, 0) is 135 Å². The smallest absolute Gasteiger partial charge is 0.462 e. The molecule has 0 heterocycles. The summed E-state index contributed by atoms with van der Waals surface area (Å²) in [7, 11) is -9.98. The molecule has 0 bridgehead atoms. The molecule has 0 radical (unpaired) electrons. The predicted molar refractivity (Wildman–Crippen MR) is 408 cm³/mol. The van der Waals surface area contributed by atoms with Gasteiger partial charge in [0.05, 0.1) is 32.8 Å². The Bertz CT molecular complexity index is 2320. The van der Waals surface area contributed by atoms with Crippen LogP contribution in [0.15, 0.2) is 109 Å². The van der Waals surface area contributed by atoms with Crippen LogP contribution >= 0.6 is 15.6 Å². The van der Waals surface area contributed by atoms with Crippen LogP contribution in [0.25, 0.3) is 0 Å². The largest absolute Gasteiger partial charge is 0.472 e. The van der Waals surface area contributed by atoms with Crippen LogP contribution in [0.1, 0.15) is 323 Å². The number of hydrogen-bond donors (Lipinski definition) is 3. The number of allylic oxidation sites excluding steroid dienone is 17. The normalized spacial score (nSPS) is 14.5. The second-order valence-electron chi connectivity index (χ2n) is 25.9. The van der Waals surface area contributed by atoms with Gasteiger partial charge in [0.2, 0.25) is 0 Å². The molecule has 19 heteroatoms. The van der Waals surface area contributed by atoms with Gasteiger partial charge < -0.3 is 33.8 Å². The number of phosphoric ester groups is 2. The van der Waals surface area contributed by atoms with Gasteiger partial charge in [-0.2, -0.15) is 0 Å². The summed E-state index contributed by atoms with van der Waals surface area (Å²) in [6.45, 7) is 4.60. The summed E-state index contributed by atoms with van der Waals surface area (Å²) in [4.78, 5) is 72.9. The molecular weight excluding hydrogens is 1310 g/mol. The maximum absolute atomic E-state index is 13.1. The van der Waals surface area contributed by atoms with Gasteiger partial charge >= 0.3 is 39.5 Å². The molecule has 0 fully saturated rings. The van der Waals surface area contributed by atoms with Gasteiger partial charge in [0, 0.05) is 19.3 Å². The fourth-order valence-corrected chi connectivity index (χ4v) is 11.8. The highest BCUT2D eigenvalue weighted by atomic mass is 31.2. The first kappa shape index (κ1) is 95.7. The fourth-order valence-electron chi connectivity index (χ4n) is 10.3. The Balaban J connectivity index is 5.44. The Kier molecular flexibility index (Phi) is 69.9. The second kappa shape index (κ2) is 73.0. The third kappa shape index (κ3) is 72.1. The third-order valence-electron chi connectivity index (χ3n) is 16.2. The van der Waals surface area contributed by atoms with Gasteiger partial charge in [0.1, 0.15) is 19.3 Å². The average Bonchev–Trinajstić information content (AvgIpc) is 1.01. The molecule has 0 rings (SSSR count). The topological polar surface area (TPSA) is 237 Å². The molecule has 17 nitrogen and oxygen atoms in total. The van der Waals surface area contributed by atoms with Crippen LogP contribution in [0.3, 0.4) is 0 Å². The van der Waals surface area contributed by atoms with Gasteiger partial charge in [-0.25, -0.2) is 9.13 Å². The SMILES string of the molecule is CC/C=C\C/C=C\C/C=C\C/C=C\C/C=C\CC(=O)OCC(COP(=O)(O)OCC(O)COP(=O)(O)OCC(COC(=O)CCCCCCC/C=C\CCCCCCCC)OC(=O)CCCCCCC/C=C\CCCCCCCC)OC(=O)CCCCCCC/C=C\C/C=C\CCCCC. The van der Waals surface area contributed by atoms with Gasteiger partial charge in [-0.15, -0.1) is 0 Å². The number of aliphatic hydroxyl groups is 1. The predicted octanol–water partition coefficient (Wildman–Crippen LogP) is 22.6. The lowest BCUT2D eigenvalue weighted by Crippen LogP contribution is -2.30. The van der Waals surface area contributed by atoms with Crippen LogP contribution in [0.2, 0.25) is 0 Å². The van der Waals surface area contributed by atoms with Crippen molar-refractivity contribution in [2.75, 3.05) is 39.6 Å². The van der Waals surface area contributed by atoms with Crippen molar-refractivity contribution in [3.63, 3.8) is 0 Å². The van der Waals surface area contributed by atoms with Crippen molar-refractivity contribution < 1.29 is 80.2 Å². The molecule has 0 aromatic rings. The summed E-state index contributed by atoms with van der Waals surface area (Å²) in [6.07, 6.45) is 78.1. The van der Waals surface area contributed by atoms with E-state index in [0.29, 0.717) is 25.7 Å². The number of carbonyl (C=O) groups is 4. The molecule has 0 saturated carbocycles. The number of phosphoric acid groups is 2. The van der Waals surface area contributed by atoms with Crippen molar-refractivity contribution in [3.05, 3.63) is 109 Å². The number of rotatable bonds is 73. The molecule has 0 spiro atoms. The van der Waals surface area contributed by atoms with E-state index in [1.165, 1.54) is 96.3 Å². The molecule has 0 saturated heterocycles. The molecule has 3 N–H and O–H groups in total. The van der Waals surface area contributed by atoms with Crippen molar-refractivity contribution in [1.82, 2.24) is 0 Å². The van der Waals surface area contributed by atoms with E-state index in [4.69, 9.17) is 37.0 Å². The highest BCUT2D eigenvalue weighted by Crippen LogP contribution is 2.45. The highest BCUT2D eigenvalue weighted by molar-refractivity contribution is 7.47.